The minimum Gasteiger partial charge on any atom is -0.322 e. The SMILES string of the molecule is CS(=O)(=O)Nc1ccc(C(=O)Nc2ccc(Cl)c(-c3nccc4ccccc34)c2)cn1. The van der Waals surface area contributed by atoms with Crippen LogP contribution in [-0.2, 0) is 10.0 Å². The summed E-state index contributed by atoms with van der Waals surface area (Å²) in [6.07, 6.45) is 4.04. The zero-order valence-electron chi connectivity index (χ0n) is 16.3. The van der Waals surface area contributed by atoms with Crippen LogP contribution in [-0.4, -0.2) is 30.5 Å². The first-order valence-electron chi connectivity index (χ1n) is 9.19. The van der Waals surface area contributed by atoms with Crippen LogP contribution < -0.4 is 10.0 Å². The summed E-state index contributed by atoms with van der Waals surface area (Å²) < 4.78 is 24.8. The normalized spacial score (nSPS) is 11.3. The minimum absolute atomic E-state index is 0.134. The molecule has 0 fully saturated rings. The van der Waals surface area contributed by atoms with Gasteiger partial charge in [-0.05, 0) is 41.8 Å². The smallest absolute Gasteiger partial charge is 0.257 e. The van der Waals surface area contributed by atoms with E-state index in [1.54, 1.807) is 24.4 Å². The van der Waals surface area contributed by atoms with Gasteiger partial charge in [0.1, 0.15) is 5.82 Å². The predicted molar refractivity (Wildman–Crippen MR) is 123 cm³/mol. The second-order valence-corrected chi connectivity index (χ2v) is 8.99. The fourth-order valence-electron chi connectivity index (χ4n) is 3.10. The fraction of sp³-hybridized carbons (Fsp3) is 0.0455. The van der Waals surface area contributed by atoms with Crippen molar-refractivity contribution in [2.45, 2.75) is 0 Å². The van der Waals surface area contributed by atoms with Gasteiger partial charge in [0.2, 0.25) is 10.0 Å². The van der Waals surface area contributed by atoms with Crippen molar-refractivity contribution in [2.24, 2.45) is 0 Å². The number of sulfonamides is 1. The maximum Gasteiger partial charge on any atom is 0.257 e. The summed E-state index contributed by atoms with van der Waals surface area (Å²) in [7, 11) is -3.44. The summed E-state index contributed by atoms with van der Waals surface area (Å²) in [6, 6.07) is 17.8. The molecule has 0 atom stereocenters. The van der Waals surface area contributed by atoms with Crippen LogP contribution >= 0.6 is 11.6 Å². The van der Waals surface area contributed by atoms with E-state index in [4.69, 9.17) is 11.6 Å². The maximum atomic E-state index is 12.6. The topological polar surface area (TPSA) is 101 Å². The number of benzene rings is 2. The van der Waals surface area contributed by atoms with Gasteiger partial charge in [0.15, 0.2) is 0 Å². The first kappa shape index (κ1) is 20.8. The summed E-state index contributed by atoms with van der Waals surface area (Å²) in [4.78, 5) is 21.1. The summed E-state index contributed by atoms with van der Waals surface area (Å²) >= 11 is 6.44. The zero-order valence-corrected chi connectivity index (χ0v) is 17.9. The number of nitrogens with zero attached hydrogens (tertiary/aromatic N) is 2. The van der Waals surface area contributed by atoms with Crippen LogP contribution in [0.4, 0.5) is 11.5 Å². The third kappa shape index (κ3) is 4.82. The van der Waals surface area contributed by atoms with E-state index >= 15 is 0 Å². The molecule has 0 spiro atoms. The van der Waals surface area contributed by atoms with Gasteiger partial charge in [0.25, 0.3) is 5.91 Å². The molecular weight excluding hydrogens is 436 g/mol. The van der Waals surface area contributed by atoms with Crippen LogP contribution in [0.25, 0.3) is 22.0 Å². The van der Waals surface area contributed by atoms with Crippen molar-refractivity contribution in [3.63, 3.8) is 0 Å². The molecule has 31 heavy (non-hydrogen) atoms. The van der Waals surface area contributed by atoms with Gasteiger partial charge in [-0.1, -0.05) is 35.9 Å². The van der Waals surface area contributed by atoms with Crippen molar-refractivity contribution in [3.05, 3.63) is 83.6 Å². The van der Waals surface area contributed by atoms with Crippen molar-refractivity contribution < 1.29 is 13.2 Å². The number of aromatic nitrogens is 2. The Bertz CT molecular complexity index is 1380. The molecule has 2 N–H and O–H groups in total. The van der Waals surface area contributed by atoms with E-state index < -0.39 is 15.9 Å². The molecule has 9 heteroatoms. The molecule has 0 aliphatic rings. The Hall–Kier alpha value is -3.49. The van der Waals surface area contributed by atoms with E-state index in [0.717, 1.165) is 22.7 Å². The second kappa shape index (κ2) is 8.33. The molecule has 2 heterocycles. The van der Waals surface area contributed by atoms with Crippen LogP contribution in [0, 0.1) is 0 Å². The summed E-state index contributed by atoms with van der Waals surface area (Å²) in [5, 5.41) is 5.31. The minimum atomic E-state index is -3.44. The number of hydrogen-bond acceptors (Lipinski definition) is 5. The molecule has 2 aromatic heterocycles. The van der Waals surface area contributed by atoms with Crippen LogP contribution in [0.2, 0.25) is 5.02 Å². The van der Waals surface area contributed by atoms with Gasteiger partial charge in [-0.3, -0.25) is 14.5 Å². The number of halogens is 1. The Morgan fingerprint density at radius 3 is 2.55 bits per heavy atom. The number of hydrogen-bond donors (Lipinski definition) is 2. The molecule has 0 aliphatic carbocycles. The molecule has 0 saturated heterocycles. The molecule has 1 amide bonds. The fourth-order valence-corrected chi connectivity index (χ4v) is 3.81. The molecule has 0 radical (unpaired) electrons. The Balaban J connectivity index is 1.61. The number of amides is 1. The largest absolute Gasteiger partial charge is 0.322 e. The summed E-state index contributed by atoms with van der Waals surface area (Å²) in [6.45, 7) is 0. The van der Waals surface area contributed by atoms with Gasteiger partial charge >= 0.3 is 0 Å². The lowest BCUT2D eigenvalue weighted by Crippen LogP contribution is -2.14. The molecule has 0 unspecified atom stereocenters. The van der Waals surface area contributed by atoms with E-state index in [-0.39, 0.29) is 11.4 Å². The van der Waals surface area contributed by atoms with Gasteiger partial charge in [0, 0.05) is 29.0 Å². The number of nitrogens with one attached hydrogen (secondary N) is 2. The van der Waals surface area contributed by atoms with Gasteiger partial charge in [-0.15, -0.1) is 0 Å². The number of anilines is 2. The molecule has 4 rings (SSSR count). The van der Waals surface area contributed by atoms with Crippen molar-refractivity contribution in [3.8, 4) is 11.3 Å². The first-order chi connectivity index (χ1) is 14.8. The van der Waals surface area contributed by atoms with Crippen molar-refractivity contribution in [1.82, 2.24) is 9.97 Å². The highest BCUT2D eigenvalue weighted by molar-refractivity contribution is 7.92. The van der Waals surface area contributed by atoms with E-state index in [1.165, 1.54) is 18.3 Å². The average molecular weight is 453 g/mol. The molecule has 0 saturated carbocycles. The van der Waals surface area contributed by atoms with Crippen molar-refractivity contribution >= 4 is 49.8 Å². The highest BCUT2D eigenvalue weighted by Crippen LogP contribution is 2.33. The number of fused-ring (bicyclic) bond motifs is 1. The zero-order chi connectivity index (χ0) is 22.0. The van der Waals surface area contributed by atoms with Gasteiger partial charge < -0.3 is 5.32 Å². The standard InChI is InChI=1S/C22H17ClN4O3S/c1-31(29,30)27-20-9-6-15(13-25-20)22(28)26-16-7-8-19(23)18(12-16)21-17-5-3-2-4-14(17)10-11-24-21/h2-13H,1H3,(H,25,27)(H,26,28). The van der Waals surface area contributed by atoms with Crippen LogP contribution in [0.1, 0.15) is 10.4 Å². The number of carbonyl (C=O) groups excluding carboxylic acids is 1. The Kier molecular flexibility index (Phi) is 5.58. The van der Waals surface area contributed by atoms with E-state index in [2.05, 4.69) is 20.0 Å². The lowest BCUT2D eigenvalue weighted by atomic mass is 10.0. The van der Waals surface area contributed by atoms with Gasteiger partial charge in [-0.2, -0.15) is 0 Å². The van der Waals surface area contributed by atoms with Crippen LogP contribution in [0.5, 0.6) is 0 Å². The van der Waals surface area contributed by atoms with E-state index in [1.807, 2.05) is 30.3 Å². The molecule has 156 valence electrons. The summed E-state index contributed by atoms with van der Waals surface area (Å²) in [5.41, 5.74) is 2.23. The first-order valence-corrected chi connectivity index (χ1v) is 11.5. The van der Waals surface area contributed by atoms with Crippen molar-refractivity contribution in [1.29, 1.82) is 0 Å². The number of rotatable bonds is 5. The maximum absolute atomic E-state index is 12.6. The third-order valence-corrected chi connectivity index (χ3v) is 5.38. The molecular formula is C22H17ClN4O3S. The Morgan fingerprint density at radius 2 is 1.81 bits per heavy atom. The van der Waals surface area contributed by atoms with Crippen LogP contribution in [0.15, 0.2) is 73.1 Å². The third-order valence-electron chi connectivity index (χ3n) is 4.47. The monoisotopic (exact) mass is 452 g/mol. The Morgan fingerprint density at radius 1 is 1.00 bits per heavy atom. The predicted octanol–water partition coefficient (Wildman–Crippen LogP) is 4.57. The van der Waals surface area contributed by atoms with Crippen molar-refractivity contribution in [2.75, 3.05) is 16.3 Å². The summed E-state index contributed by atoms with van der Waals surface area (Å²) in [5.74, 6) is -0.257. The molecule has 0 bridgehead atoms. The lowest BCUT2D eigenvalue weighted by Gasteiger charge is -2.11. The Labute approximate surface area is 184 Å². The van der Waals surface area contributed by atoms with E-state index in [9.17, 15) is 13.2 Å². The molecule has 7 nitrogen and oxygen atoms in total. The average Bonchev–Trinajstić information content (AvgIpc) is 2.74. The number of carbonyl (C=O) groups is 1. The molecule has 2 aromatic carbocycles. The lowest BCUT2D eigenvalue weighted by molar-refractivity contribution is 0.102. The molecule has 4 aromatic rings. The second-order valence-electron chi connectivity index (χ2n) is 6.84. The number of pyridine rings is 2. The van der Waals surface area contributed by atoms with Crippen LogP contribution in [0.3, 0.4) is 0 Å². The highest BCUT2D eigenvalue weighted by atomic mass is 35.5. The van der Waals surface area contributed by atoms with Gasteiger partial charge in [0.05, 0.1) is 22.5 Å². The quantitative estimate of drug-likeness (QED) is 0.461. The highest BCUT2D eigenvalue weighted by Gasteiger charge is 2.13. The van der Waals surface area contributed by atoms with Gasteiger partial charge in [-0.25, -0.2) is 13.4 Å². The van der Waals surface area contributed by atoms with E-state index in [0.29, 0.717) is 16.3 Å². The molecule has 0 aliphatic heterocycles.